The van der Waals surface area contributed by atoms with Gasteiger partial charge in [0.25, 0.3) is 11.1 Å². The highest BCUT2D eigenvalue weighted by atomic mass is 127. The van der Waals surface area contributed by atoms with Crippen molar-refractivity contribution in [3.63, 3.8) is 0 Å². The Morgan fingerprint density at radius 3 is 2.29 bits per heavy atom. The normalized spacial score (nSPS) is 30.2. The Morgan fingerprint density at radius 2 is 1.60 bits per heavy atom. The van der Waals surface area contributed by atoms with Crippen LogP contribution in [0.1, 0.15) is 12.5 Å². The second-order valence-electron chi connectivity index (χ2n) is 10.2. The molecule has 48 heavy (non-hydrogen) atoms. The number of imidazole rings is 1. The molecule has 2 saturated heterocycles. The quantitative estimate of drug-likeness (QED) is 0.0515. The number of thiol groups is 2. The SMILES string of the molecule is Nc1nc2c(ncn2[C@@H]2OC(COP(=O)(S)O[C@@H]3C(I)C(COP(=O)(O)S)O[C@H]3n3c(=O)sc4c(=O)[nH]c(N)nc43)C(I)[C@H]2F)c(=O)[nH]1. The lowest BCUT2D eigenvalue weighted by Gasteiger charge is -2.25. The minimum Gasteiger partial charge on any atom is -0.369 e. The van der Waals surface area contributed by atoms with Gasteiger partial charge < -0.3 is 25.8 Å². The lowest BCUT2D eigenvalue weighted by Crippen LogP contribution is -2.33. The first-order chi connectivity index (χ1) is 22.4. The number of nitrogens with one attached hydrogen (secondary N) is 2. The lowest BCUT2D eigenvalue weighted by molar-refractivity contribution is -0.0474. The largest absolute Gasteiger partial charge is 0.386 e. The van der Waals surface area contributed by atoms with E-state index >= 15 is 4.39 Å². The van der Waals surface area contributed by atoms with Gasteiger partial charge in [-0.05, 0) is 0 Å². The number of nitrogens with zero attached hydrogens (tertiary/aromatic N) is 5. The fourth-order valence-corrected chi connectivity index (χ4v) is 9.71. The second-order valence-corrected chi connectivity index (χ2v) is 19.7. The molecule has 7 N–H and O–H groups in total. The average molecular weight is 995 g/mol. The van der Waals surface area contributed by atoms with Crippen molar-refractivity contribution in [3.05, 3.63) is 36.7 Å². The van der Waals surface area contributed by atoms with Crippen molar-refractivity contribution in [1.29, 1.82) is 0 Å². The maximum atomic E-state index is 15.5. The van der Waals surface area contributed by atoms with Crippen LogP contribution in [-0.2, 0) is 32.2 Å². The van der Waals surface area contributed by atoms with Crippen LogP contribution >= 0.6 is 94.6 Å². The van der Waals surface area contributed by atoms with Gasteiger partial charge in [-0.2, -0.15) is 9.97 Å². The van der Waals surface area contributed by atoms with Crippen LogP contribution in [0.2, 0.25) is 0 Å². The van der Waals surface area contributed by atoms with E-state index in [1.54, 1.807) is 22.6 Å². The van der Waals surface area contributed by atoms with Crippen LogP contribution in [0.4, 0.5) is 16.3 Å². The summed E-state index contributed by atoms with van der Waals surface area (Å²) in [5, 5.41) is 0. The molecule has 0 aromatic carbocycles. The van der Waals surface area contributed by atoms with Gasteiger partial charge >= 0.3 is 18.5 Å². The van der Waals surface area contributed by atoms with E-state index in [0.29, 0.717) is 11.3 Å². The van der Waals surface area contributed by atoms with Crippen molar-refractivity contribution in [2.75, 3.05) is 24.7 Å². The molecule has 4 aromatic heterocycles. The van der Waals surface area contributed by atoms with Gasteiger partial charge in [0.1, 0.15) is 10.8 Å². The Bertz CT molecular complexity index is 2160. The van der Waals surface area contributed by atoms with Gasteiger partial charge in [0.2, 0.25) is 11.9 Å². The number of ether oxygens (including phenoxy) is 2. The molecule has 0 amide bonds. The zero-order valence-electron chi connectivity index (χ0n) is 23.4. The summed E-state index contributed by atoms with van der Waals surface area (Å²) in [5.74, 6) is -0.512. The van der Waals surface area contributed by atoms with Crippen LogP contribution in [0.15, 0.2) is 20.7 Å². The number of alkyl halides is 3. The molecule has 10 atom stereocenters. The first kappa shape index (κ1) is 36.6. The predicted molar refractivity (Wildman–Crippen MR) is 192 cm³/mol. The van der Waals surface area contributed by atoms with Crippen molar-refractivity contribution < 1.29 is 41.5 Å². The number of thiazole rings is 1. The molecule has 0 saturated carbocycles. The summed E-state index contributed by atoms with van der Waals surface area (Å²) in [5.41, 5.74) is 9.77. The van der Waals surface area contributed by atoms with E-state index in [0.717, 1.165) is 4.57 Å². The van der Waals surface area contributed by atoms with Crippen molar-refractivity contribution >= 4 is 128 Å². The van der Waals surface area contributed by atoms with Crippen LogP contribution in [0.5, 0.6) is 0 Å². The van der Waals surface area contributed by atoms with Gasteiger partial charge in [0.05, 0.1) is 39.6 Å². The molecule has 4 aromatic rings. The first-order valence-corrected chi connectivity index (χ1v) is 21.9. The number of anilines is 2. The maximum Gasteiger partial charge on any atom is 0.386 e. The van der Waals surface area contributed by atoms with E-state index in [4.69, 9.17) is 34.5 Å². The summed E-state index contributed by atoms with van der Waals surface area (Å²) < 4.78 is 69.3. The van der Waals surface area contributed by atoms with Gasteiger partial charge in [-0.15, -0.1) is 0 Å². The molecule has 2 aliphatic rings. The summed E-state index contributed by atoms with van der Waals surface area (Å²) in [6, 6.07) is 0. The fraction of sp³-hybridized carbons (Fsp3) is 0.500. The smallest absolute Gasteiger partial charge is 0.369 e. The highest BCUT2D eigenvalue weighted by Gasteiger charge is 2.51. The second kappa shape index (κ2) is 13.8. The van der Waals surface area contributed by atoms with Gasteiger partial charge in [0.15, 0.2) is 35.4 Å². The minimum atomic E-state index is -4.40. The van der Waals surface area contributed by atoms with E-state index < -0.39 is 87.6 Å². The highest BCUT2D eigenvalue weighted by Crippen LogP contribution is 2.58. The minimum absolute atomic E-state index is 0.0129. The van der Waals surface area contributed by atoms with E-state index in [1.807, 2.05) is 22.6 Å². The third-order valence-corrected chi connectivity index (χ3v) is 13.4. The Kier molecular flexibility index (Phi) is 10.5. The Balaban J connectivity index is 1.23. The molecule has 20 nitrogen and oxygen atoms in total. The zero-order chi connectivity index (χ0) is 34.9. The zero-order valence-corrected chi connectivity index (χ0v) is 32.1. The topological polar surface area (TPSA) is 284 Å². The summed E-state index contributed by atoms with van der Waals surface area (Å²) >= 11 is 11.8. The number of nitrogen functional groups attached to an aromatic ring is 2. The number of hydrogen-bond donors (Lipinski definition) is 7. The number of H-pyrrole nitrogens is 2. The molecule has 6 unspecified atom stereocenters. The molecular weight excluding hydrogens is 973 g/mol. The summed E-state index contributed by atoms with van der Waals surface area (Å²) in [7, 11) is 0. The van der Waals surface area contributed by atoms with Crippen molar-refractivity contribution in [3.8, 4) is 0 Å². The Morgan fingerprint density at radius 1 is 1.00 bits per heavy atom. The molecular formula is C20H22FI2N9O11P2S3. The molecule has 6 heterocycles. The number of hydrogen-bond acceptors (Lipinski definition) is 16. The van der Waals surface area contributed by atoms with Gasteiger partial charge in [-0.1, -0.05) is 81.0 Å². The molecule has 262 valence electrons. The number of aromatic amines is 2. The maximum absolute atomic E-state index is 15.5. The summed E-state index contributed by atoms with van der Waals surface area (Å²) in [6.07, 6.45) is -6.62. The standard InChI is InChI=1S/C20H22FI2N9O11P2S3/c21-6-7(22)4(41-16(6)31-3-26-9-12(31)27-18(24)29-14(9)33)2-40-45(38,47)43-10-8(23)5(1-39-44(36,37)46)42-17(10)32-13-11(48-20(32)35)15(34)30-19(25)28-13/h3-8,10,16-17H,1-2H2,(H,38,47)(H2,36,37,46)(H3,24,27,29,33)(H3,25,28,30,34)/t4?,5?,6-,7?,8?,10-,16-,17-,45?/m1/s1. The molecule has 0 aliphatic carbocycles. The van der Waals surface area contributed by atoms with Crippen LogP contribution in [0, 0.1) is 0 Å². The predicted octanol–water partition coefficient (Wildman–Crippen LogP) is 1.67. The number of nitrogens with two attached hydrogens (primary N) is 2. The monoisotopic (exact) mass is 995 g/mol. The molecule has 0 bridgehead atoms. The van der Waals surface area contributed by atoms with Gasteiger partial charge in [-0.3, -0.25) is 47.1 Å². The Hall–Kier alpha value is -1.17. The lowest BCUT2D eigenvalue weighted by atomic mass is 10.2. The molecule has 6 rings (SSSR count). The van der Waals surface area contributed by atoms with E-state index in [-0.39, 0.29) is 33.4 Å². The van der Waals surface area contributed by atoms with E-state index in [9.17, 15) is 28.4 Å². The van der Waals surface area contributed by atoms with Crippen LogP contribution in [0.3, 0.4) is 0 Å². The first-order valence-electron chi connectivity index (χ1n) is 13.2. The summed E-state index contributed by atoms with van der Waals surface area (Å²) in [6.45, 7) is -9.66. The number of fused-ring (bicyclic) bond motifs is 2. The van der Waals surface area contributed by atoms with Crippen molar-refractivity contribution in [2.24, 2.45) is 0 Å². The summed E-state index contributed by atoms with van der Waals surface area (Å²) in [4.78, 5) is 63.2. The molecule has 2 aliphatic heterocycles. The number of halogens is 3. The third-order valence-electron chi connectivity index (χ3n) is 7.04. The van der Waals surface area contributed by atoms with Crippen LogP contribution in [0.25, 0.3) is 21.5 Å². The van der Waals surface area contributed by atoms with E-state index in [1.165, 1.54) is 10.9 Å². The molecule has 0 spiro atoms. The van der Waals surface area contributed by atoms with E-state index in [2.05, 4.69) is 49.4 Å². The average Bonchev–Trinajstić information content (AvgIpc) is 3.70. The molecule has 2 fully saturated rings. The van der Waals surface area contributed by atoms with Gasteiger partial charge in [0, 0.05) is 0 Å². The molecule has 28 heteroatoms. The highest BCUT2D eigenvalue weighted by molar-refractivity contribution is 14.1. The van der Waals surface area contributed by atoms with Crippen LogP contribution in [-0.4, -0.2) is 84.5 Å². The fourth-order valence-electron chi connectivity index (χ4n) is 5.01. The number of aromatic nitrogens is 7. The van der Waals surface area contributed by atoms with Crippen LogP contribution < -0.4 is 27.5 Å². The number of rotatable bonds is 10. The van der Waals surface area contributed by atoms with Gasteiger partial charge in [-0.25, -0.2) is 18.5 Å². The molecule has 0 radical (unpaired) electrons. The van der Waals surface area contributed by atoms with Crippen molar-refractivity contribution in [2.45, 2.75) is 44.8 Å². The Labute approximate surface area is 307 Å². The van der Waals surface area contributed by atoms with Crippen molar-refractivity contribution in [1.82, 2.24) is 34.1 Å². The third kappa shape index (κ3) is 7.27.